The van der Waals surface area contributed by atoms with Crippen LogP contribution in [0.25, 0.3) is 0 Å². The maximum absolute atomic E-state index is 12.6. The van der Waals surface area contributed by atoms with E-state index >= 15 is 0 Å². The largest absolute Gasteiger partial charge is 0.352 e. The number of fused-ring (bicyclic) bond motifs is 2. The molecule has 2 aliphatic heterocycles. The van der Waals surface area contributed by atoms with Gasteiger partial charge in [0.2, 0.25) is 0 Å². The summed E-state index contributed by atoms with van der Waals surface area (Å²) in [5, 5.41) is 2.13. The zero-order valence-corrected chi connectivity index (χ0v) is 15.6. The van der Waals surface area contributed by atoms with Gasteiger partial charge in [0, 0.05) is 38.6 Å². The number of rotatable bonds is 3. The van der Waals surface area contributed by atoms with Crippen LogP contribution in [-0.2, 0) is 21.7 Å². The molecule has 1 amide bonds. The number of carbonyl (C=O) groups excluding carboxylic acids is 1. The molecule has 2 aromatic rings. The zero-order chi connectivity index (χ0) is 17.4. The van der Waals surface area contributed by atoms with Gasteiger partial charge in [-0.3, -0.25) is 9.69 Å². The van der Waals surface area contributed by atoms with Gasteiger partial charge in [-0.1, -0.05) is 30.3 Å². The molecule has 1 aromatic carbocycles. The first kappa shape index (κ1) is 16.8. The summed E-state index contributed by atoms with van der Waals surface area (Å²) in [5.41, 5.74) is 1.96. The Balaban J connectivity index is 1.54. The van der Waals surface area contributed by atoms with E-state index in [0.29, 0.717) is 0 Å². The van der Waals surface area contributed by atoms with Crippen LogP contribution >= 0.6 is 11.3 Å². The molecule has 1 atom stereocenters. The van der Waals surface area contributed by atoms with Crippen LogP contribution in [0.5, 0.6) is 0 Å². The quantitative estimate of drug-likeness (QED) is 0.845. The Hall–Kier alpha value is -1.69. The summed E-state index contributed by atoms with van der Waals surface area (Å²) in [6, 6.07) is 12.6. The normalized spacial score (nSPS) is 22.1. The summed E-state index contributed by atoms with van der Waals surface area (Å²) in [6.45, 7) is 3.00. The summed E-state index contributed by atoms with van der Waals surface area (Å²) < 4.78 is 6.45. The highest BCUT2D eigenvalue weighted by molar-refractivity contribution is 7.09. The number of carbonyl (C=O) groups is 1. The van der Waals surface area contributed by atoms with Gasteiger partial charge in [-0.15, -0.1) is 11.3 Å². The lowest BCUT2D eigenvalue weighted by Gasteiger charge is -2.39. The van der Waals surface area contributed by atoms with Gasteiger partial charge in [-0.2, -0.15) is 0 Å². The predicted octanol–water partition coefficient (Wildman–Crippen LogP) is 3.40. The fraction of sp³-hybridized carbons (Fsp3) is 0.450. The molecule has 1 spiro atoms. The first-order valence-corrected chi connectivity index (χ1v) is 9.70. The molecule has 1 saturated heterocycles. The number of hydrogen-bond donors (Lipinski definition) is 0. The van der Waals surface area contributed by atoms with E-state index < -0.39 is 6.10 Å². The van der Waals surface area contributed by atoms with Gasteiger partial charge >= 0.3 is 0 Å². The van der Waals surface area contributed by atoms with Crippen molar-refractivity contribution in [3.63, 3.8) is 0 Å². The standard InChI is InChI=1S/C20H24N2O2S/c1-21(2)19(23)18-16-7-3-4-8-17(16)20(24-18)9-11-22(12-10-20)14-15-6-5-13-25-15/h3-8,13,18H,9-12,14H2,1-2H3. The van der Waals surface area contributed by atoms with Crippen LogP contribution in [0.15, 0.2) is 41.8 Å². The van der Waals surface area contributed by atoms with Crippen LogP contribution < -0.4 is 0 Å². The van der Waals surface area contributed by atoms with Gasteiger partial charge in [-0.05, 0) is 35.4 Å². The molecule has 0 radical (unpaired) electrons. The third kappa shape index (κ3) is 3.01. The van der Waals surface area contributed by atoms with Crippen molar-refractivity contribution in [3.8, 4) is 0 Å². The van der Waals surface area contributed by atoms with Crippen LogP contribution in [0.3, 0.4) is 0 Å². The lowest BCUT2D eigenvalue weighted by atomic mass is 9.83. The van der Waals surface area contributed by atoms with Crippen molar-refractivity contribution in [1.29, 1.82) is 0 Å². The Bertz CT molecular complexity index is 749. The topological polar surface area (TPSA) is 32.8 Å². The second-order valence-corrected chi connectivity index (χ2v) is 8.20. The molecule has 0 aliphatic carbocycles. The van der Waals surface area contributed by atoms with Gasteiger partial charge in [-0.25, -0.2) is 0 Å². The van der Waals surface area contributed by atoms with E-state index in [4.69, 9.17) is 4.74 Å². The van der Waals surface area contributed by atoms with Gasteiger partial charge in [0.15, 0.2) is 6.10 Å². The average Bonchev–Trinajstić information content (AvgIpc) is 3.24. The molecular weight excluding hydrogens is 332 g/mol. The first-order chi connectivity index (χ1) is 12.1. The fourth-order valence-electron chi connectivity index (χ4n) is 3.99. The number of piperidine rings is 1. The second kappa shape index (κ2) is 6.56. The highest BCUT2D eigenvalue weighted by atomic mass is 32.1. The molecule has 1 unspecified atom stereocenters. The molecule has 2 aliphatic rings. The molecule has 4 rings (SSSR count). The summed E-state index contributed by atoms with van der Waals surface area (Å²) in [5.74, 6) is 0.0327. The number of amides is 1. The minimum absolute atomic E-state index is 0.0327. The second-order valence-electron chi connectivity index (χ2n) is 7.17. The summed E-state index contributed by atoms with van der Waals surface area (Å²) in [6.07, 6.45) is 1.41. The van der Waals surface area contributed by atoms with Gasteiger partial charge < -0.3 is 9.64 Å². The summed E-state index contributed by atoms with van der Waals surface area (Å²) in [7, 11) is 3.59. The summed E-state index contributed by atoms with van der Waals surface area (Å²) in [4.78, 5) is 18.1. The zero-order valence-electron chi connectivity index (χ0n) is 14.8. The molecule has 1 aromatic heterocycles. The van der Waals surface area contributed by atoms with E-state index in [9.17, 15) is 4.79 Å². The third-order valence-corrected chi connectivity index (χ3v) is 6.23. The predicted molar refractivity (Wildman–Crippen MR) is 99.5 cm³/mol. The molecule has 5 heteroatoms. The van der Waals surface area contributed by atoms with Crippen LogP contribution in [0.1, 0.15) is 34.9 Å². The maximum Gasteiger partial charge on any atom is 0.255 e. The van der Waals surface area contributed by atoms with Crippen molar-refractivity contribution in [2.45, 2.75) is 31.1 Å². The molecule has 0 bridgehead atoms. The molecule has 0 N–H and O–H groups in total. The molecular formula is C20H24N2O2S. The van der Waals surface area contributed by atoms with Crippen LogP contribution in [0.4, 0.5) is 0 Å². The van der Waals surface area contributed by atoms with E-state index in [2.05, 4.69) is 34.5 Å². The maximum atomic E-state index is 12.6. The molecule has 3 heterocycles. The number of ether oxygens (including phenoxy) is 1. The number of hydrogen-bond acceptors (Lipinski definition) is 4. The van der Waals surface area contributed by atoms with E-state index in [1.54, 1.807) is 19.0 Å². The highest BCUT2D eigenvalue weighted by Crippen LogP contribution is 2.49. The van der Waals surface area contributed by atoms with E-state index in [1.807, 2.05) is 23.5 Å². The smallest absolute Gasteiger partial charge is 0.255 e. The molecule has 1 fully saturated rings. The molecule has 0 saturated carbocycles. The van der Waals surface area contributed by atoms with E-state index in [1.165, 1.54) is 10.4 Å². The SMILES string of the molecule is CN(C)C(=O)C1OC2(CCN(Cc3cccs3)CC2)c2ccccc21. The Morgan fingerprint density at radius 2 is 2.00 bits per heavy atom. The molecule has 25 heavy (non-hydrogen) atoms. The first-order valence-electron chi connectivity index (χ1n) is 8.82. The van der Waals surface area contributed by atoms with Crippen molar-refractivity contribution in [2.24, 2.45) is 0 Å². The molecule has 132 valence electrons. The number of likely N-dealkylation sites (N-methyl/N-ethyl adjacent to an activating group) is 1. The van der Waals surface area contributed by atoms with Gasteiger partial charge in [0.25, 0.3) is 5.91 Å². The Morgan fingerprint density at radius 3 is 2.68 bits per heavy atom. The fourth-order valence-corrected chi connectivity index (χ4v) is 4.74. The van der Waals surface area contributed by atoms with Gasteiger partial charge in [0.05, 0.1) is 5.60 Å². The van der Waals surface area contributed by atoms with Crippen molar-refractivity contribution in [3.05, 3.63) is 57.8 Å². The molecule has 4 nitrogen and oxygen atoms in total. The van der Waals surface area contributed by atoms with Gasteiger partial charge in [0.1, 0.15) is 0 Å². The minimum Gasteiger partial charge on any atom is -0.352 e. The van der Waals surface area contributed by atoms with Crippen molar-refractivity contribution in [1.82, 2.24) is 9.80 Å². The Morgan fingerprint density at radius 1 is 1.24 bits per heavy atom. The van der Waals surface area contributed by atoms with Crippen LogP contribution in [0.2, 0.25) is 0 Å². The van der Waals surface area contributed by atoms with E-state index in [0.717, 1.165) is 38.0 Å². The lowest BCUT2D eigenvalue weighted by Crippen LogP contribution is -2.42. The Kier molecular flexibility index (Phi) is 4.40. The number of benzene rings is 1. The number of nitrogens with zero attached hydrogens (tertiary/aromatic N) is 2. The third-order valence-electron chi connectivity index (χ3n) is 5.37. The number of likely N-dealkylation sites (tertiary alicyclic amines) is 1. The monoisotopic (exact) mass is 356 g/mol. The van der Waals surface area contributed by atoms with Crippen molar-refractivity contribution >= 4 is 17.2 Å². The van der Waals surface area contributed by atoms with Crippen molar-refractivity contribution < 1.29 is 9.53 Å². The Labute approximate surface area is 153 Å². The van der Waals surface area contributed by atoms with E-state index in [-0.39, 0.29) is 11.5 Å². The van der Waals surface area contributed by atoms with Crippen molar-refractivity contribution in [2.75, 3.05) is 27.2 Å². The number of thiophene rings is 1. The average molecular weight is 356 g/mol. The lowest BCUT2D eigenvalue weighted by molar-refractivity contribution is -0.158. The highest BCUT2D eigenvalue weighted by Gasteiger charge is 2.48. The van der Waals surface area contributed by atoms with Crippen LogP contribution in [-0.4, -0.2) is 42.9 Å². The summed E-state index contributed by atoms with van der Waals surface area (Å²) >= 11 is 1.81. The van der Waals surface area contributed by atoms with Crippen LogP contribution in [0, 0.1) is 0 Å². The minimum atomic E-state index is -0.463.